The molecule has 0 N–H and O–H groups in total. The second-order valence-corrected chi connectivity index (χ2v) is 8.84. The molecule has 0 bridgehead atoms. The summed E-state index contributed by atoms with van der Waals surface area (Å²) in [5, 5.41) is 12.2. The van der Waals surface area contributed by atoms with Gasteiger partial charge in [-0.3, -0.25) is 19.8 Å². The van der Waals surface area contributed by atoms with Crippen molar-refractivity contribution >= 4 is 56.0 Å². The number of amides is 1. The van der Waals surface area contributed by atoms with Crippen LogP contribution in [0.4, 0.5) is 10.8 Å². The lowest BCUT2D eigenvalue weighted by atomic mass is 10.2. The van der Waals surface area contributed by atoms with Crippen molar-refractivity contribution in [3.63, 3.8) is 0 Å². The number of carbonyl (C=O) groups excluding carboxylic acids is 1. The SMILES string of the molecule is Cc1cc(Cl)cc2sc(N(CCCN(C)C)C(=O)/C=C/c3cccc([N+](=O)[O-])c3)nc12. The van der Waals surface area contributed by atoms with E-state index in [9.17, 15) is 14.9 Å². The lowest BCUT2D eigenvalue weighted by Crippen LogP contribution is -2.32. The molecule has 2 aromatic carbocycles. The molecule has 0 saturated carbocycles. The Hall–Kier alpha value is -2.81. The molecule has 1 aromatic heterocycles. The standard InChI is InChI=1S/C22H23ClN4O3S/c1-15-12-17(23)14-19-21(15)24-22(31-19)26(11-5-10-25(2)3)20(28)9-8-16-6-4-7-18(13-16)27(29)30/h4,6-9,12-14H,5,10-11H2,1-3H3/b9-8+. The van der Waals surface area contributed by atoms with Crippen LogP contribution in [0.2, 0.25) is 5.02 Å². The van der Waals surface area contributed by atoms with Crippen LogP contribution in [-0.4, -0.2) is 47.9 Å². The number of non-ortho nitro benzene ring substituents is 1. The van der Waals surface area contributed by atoms with Gasteiger partial charge in [0.25, 0.3) is 11.6 Å². The van der Waals surface area contributed by atoms with Crippen LogP contribution in [0.3, 0.4) is 0 Å². The minimum atomic E-state index is -0.457. The van der Waals surface area contributed by atoms with E-state index in [1.54, 1.807) is 23.1 Å². The molecule has 0 unspecified atom stereocenters. The van der Waals surface area contributed by atoms with E-state index < -0.39 is 4.92 Å². The van der Waals surface area contributed by atoms with Gasteiger partial charge in [0.15, 0.2) is 5.13 Å². The van der Waals surface area contributed by atoms with Gasteiger partial charge in [0, 0.05) is 29.8 Å². The van der Waals surface area contributed by atoms with Gasteiger partial charge in [-0.1, -0.05) is 35.1 Å². The van der Waals surface area contributed by atoms with Gasteiger partial charge in [0.1, 0.15) is 0 Å². The van der Waals surface area contributed by atoms with Gasteiger partial charge in [-0.25, -0.2) is 4.98 Å². The number of aryl methyl sites for hydroxylation is 1. The van der Waals surface area contributed by atoms with Crippen molar-refractivity contribution in [1.29, 1.82) is 0 Å². The summed E-state index contributed by atoms with van der Waals surface area (Å²) in [5.41, 5.74) is 2.36. The minimum Gasteiger partial charge on any atom is -0.309 e. The quantitative estimate of drug-likeness (QED) is 0.264. The first-order valence-electron chi connectivity index (χ1n) is 9.70. The maximum Gasteiger partial charge on any atom is 0.270 e. The first kappa shape index (κ1) is 22.9. The van der Waals surface area contributed by atoms with E-state index in [4.69, 9.17) is 16.6 Å². The lowest BCUT2D eigenvalue weighted by molar-refractivity contribution is -0.384. The van der Waals surface area contributed by atoms with Crippen molar-refractivity contribution in [3.8, 4) is 0 Å². The van der Waals surface area contributed by atoms with Crippen LogP contribution in [0.5, 0.6) is 0 Å². The number of thiazole rings is 1. The number of carbonyl (C=O) groups is 1. The molecule has 0 aliphatic rings. The van der Waals surface area contributed by atoms with Gasteiger partial charge in [0.2, 0.25) is 0 Å². The lowest BCUT2D eigenvalue weighted by Gasteiger charge is -2.19. The summed E-state index contributed by atoms with van der Waals surface area (Å²) in [6.45, 7) is 3.27. The molecule has 0 radical (unpaired) electrons. The highest BCUT2D eigenvalue weighted by molar-refractivity contribution is 7.22. The van der Waals surface area contributed by atoms with E-state index in [1.807, 2.05) is 33.2 Å². The Kier molecular flexibility index (Phi) is 7.37. The molecular weight excluding hydrogens is 436 g/mol. The van der Waals surface area contributed by atoms with E-state index in [0.717, 1.165) is 28.7 Å². The number of hydrogen-bond donors (Lipinski definition) is 0. The van der Waals surface area contributed by atoms with Crippen molar-refractivity contribution in [2.24, 2.45) is 0 Å². The second-order valence-electron chi connectivity index (χ2n) is 7.40. The highest BCUT2D eigenvalue weighted by Crippen LogP contribution is 2.33. The average molecular weight is 459 g/mol. The third-order valence-corrected chi connectivity index (χ3v) is 5.87. The Bertz CT molecular complexity index is 1140. The summed E-state index contributed by atoms with van der Waals surface area (Å²) < 4.78 is 0.924. The maximum atomic E-state index is 13.1. The Labute approximate surface area is 189 Å². The molecule has 0 atom stereocenters. The number of aromatic nitrogens is 1. The molecule has 1 amide bonds. The van der Waals surface area contributed by atoms with Gasteiger partial charge in [-0.15, -0.1) is 0 Å². The first-order chi connectivity index (χ1) is 14.7. The van der Waals surface area contributed by atoms with Crippen LogP contribution >= 0.6 is 22.9 Å². The fraction of sp³-hybridized carbons (Fsp3) is 0.273. The van der Waals surface area contributed by atoms with Crippen LogP contribution in [0.25, 0.3) is 16.3 Å². The zero-order valence-electron chi connectivity index (χ0n) is 17.5. The van der Waals surface area contributed by atoms with E-state index in [-0.39, 0.29) is 11.6 Å². The fourth-order valence-electron chi connectivity index (χ4n) is 3.10. The smallest absolute Gasteiger partial charge is 0.270 e. The van der Waals surface area contributed by atoms with Crippen molar-refractivity contribution in [2.45, 2.75) is 13.3 Å². The number of hydrogen-bond acceptors (Lipinski definition) is 6. The number of halogens is 1. The van der Waals surface area contributed by atoms with Crippen LogP contribution in [0.15, 0.2) is 42.5 Å². The van der Waals surface area contributed by atoms with Gasteiger partial charge < -0.3 is 4.90 Å². The predicted octanol–water partition coefficient (Wildman–Crippen LogP) is 5.16. The van der Waals surface area contributed by atoms with Crippen LogP contribution in [0.1, 0.15) is 17.5 Å². The highest BCUT2D eigenvalue weighted by Gasteiger charge is 2.19. The summed E-state index contributed by atoms with van der Waals surface area (Å²) in [6.07, 6.45) is 3.80. The van der Waals surface area contributed by atoms with Gasteiger partial charge in [-0.05, 0) is 63.3 Å². The molecule has 162 valence electrons. The normalized spacial score (nSPS) is 11.5. The van der Waals surface area contributed by atoms with Crippen molar-refractivity contribution < 1.29 is 9.72 Å². The van der Waals surface area contributed by atoms with Crippen molar-refractivity contribution in [1.82, 2.24) is 9.88 Å². The number of nitrogens with zero attached hydrogens (tertiary/aromatic N) is 4. The predicted molar refractivity (Wildman–Crippen MR) is 127 cm³/mol. The summed E-state index contributed by atoms with van der Waals surface area (Å²) >= 11 is 7.60. The number of anilines is 1. The van der Waals surface area contributed by atoms with E-state index in [0.29, 0.717) is 22.3 Å². The summed E-state index contributed by atoms with van der Waals surface area (Å²) in [4.78, 5) is 32.0. The molecule has 0 aliphatic heterocycles. The third-order valence-electron chi connectivity index (χ3n) is 4.62. The van der Waals surface area contributed by atoms with E-state index in [2.05, 4.69) is 4.90 Å². The van der Waals surface area contributed by atoms with Crippen LogP contribution in [-0.2, 0) is 4.79 Å². The van der Waals surface area contributed by atoms with Crippen molar-refractivity contribution in [2.75, 3.05) is 32.1 Å². The Morgan fingerprint density at radius 2 is 2.03 bits per heavy atom. The fourth-order valence-corrected chi connectivity index (χ4v) is 4.55. The number of benzene rings is 2. The molecule has 7 nitrogen and oxygen atoms in total. The van der Waals surface area contributed by atoms with Crippen LogP contribution < -0.4 is 4.90 Å². The molecule has 0 fully saturated rings. The van der Waals surface area contributed by atoms with E-state index >= 15 is 0 Å². The summed E-state index contributed by atoms with van der Waals surface area (Å²) in [6, 6.07) is 9.87. The number of rotatable bonds is 8. The molecule has 31 heavy (non-hydrogen) atoms. The number of fused-ring (bicyclic) bond motifs is 1. The van der Waals surface area contributed by atoms with Gasteiger partial charge >= 0.3 is 0 Å². The van der Waals surface area contributed by atoms with E-state index in [1.165, 1.54) is 29.5 Å². The number of nitro groups is 1. The molecular formula is C22H23ClN4O3S. The maximum absolute atomic E-state index is 13.1. The molecule has 0 spiro atoms. The Balaban J connectivity index is 1.89. The van der Waals surface area contributed by atoms with Crippen molar-refractivity contribution in [3.05, 3.63) is 68.7 Å². The average Bonchev–Trinajstić information content (AvgIpc) is 3.13. The molecule has 3 aromatic rings. The summed E-state index contributed by atoms with van der Waals surface area (Å²) in [7, 11) is 3.97. The molecule has 1 heterocycles. The van der Waals surface area contributed by atoms with Crippen LogP contribution in [0, 0.1) is 17.0 Å². The molecule has 0 saturated heterocycles. The summed E-state index contributed by atoms with van der Waals surface area (Å²) in [5.74, 6) is -0.229. The first-order valence-corrected chi connectivity index (χ1v) is 10.9. The molecule has 3 rings (SSSR count). The van der Waals surface area contributed by atoms with Gasteiger partial charge in [0.05, 0.1) is 15.1 Å². The highest BCUT2D eigenvalue weighted by atomic mass is 35.5. The topological polar surface area (TPSA) is 79.6 Å². The Morgan fingerprint density at radius 3 is 2.74 bits per heavy atom. The third kappa shape index (κ3) is 5.88. The zero-order chi connectivity index (χ0) is 22.5. The molecule has 0 aliphatic carbocycles. The minimum absolute atomic E-state index is 0.0176. The zero-order valence-corrected chi connectivity index (χ0v) is 19.1. The molecule has 9 heteroatoms. The Morgan fingerprint density at radius 1 is 1.26 bits per heavy atom. The second kappa shape index (κ2) is 10.00. The largest absolute Gasteiger partial charge is 0.309 e. The monoisotopic (exact) mass is 458 g/mol. The van der Waals surface area contributed by atoms with Gasteiger partial charge in [-0.2, -0.15) is 0 Å². The number of nitro benzene ring substituents is 1.